The lowest BCUT2D eigenvalue weighted by Gasteiger charge is -2.03. The van der Waals surface area contributed by atoms with Gasteiger partial charge in [-0.25, -0.2) is 24.7 Å². The van der Waals surface area contributed by atoms with Crippen LogP contribution in [-0.2, 0) is 4.74 Å². The van der Waals surface area contributed by atoms with E-state index in [1.807, 2.05) is 0 Å². The molecule has 0 saturated heterocycles. The van der Waals surface area contributed by atoms with Crippen LogP contribution in [0.2, 0.25) is 0 Å². The number of esters is 1. The van der Waals surface area contributed by atoms with E-state index in [0.717, 1.165) is 5.69 Å². The molecule has 2 heterocycles. The molecule has 0 radical (unpaired) electrons. The van der Waals surface area contributed by atoms with E-state index >= 15 is 0 Å². The van der Waals surface area contributed by atoms with Gasteiger partial charge in [0.15, 0.2) is 11.3 Å². The molecule has 0 aromatic carbocycles. The van der Waals surface area contributed by atoms with Crippen LogP contribution in [0.3, 0.4) is 0 Å². The Morgan fingerprint density at radius 2 is 2.19 bits per heavy atom. The standard InChI is InChI=1S/C10H10N4O2/c1-3-16-10(15)8-7-9(13-5-12-8)14-6(2)4-11-7/h4-5H,3H2,1-2H3. The first-order valence-electron chi connectivity index (χ1n) is 4.84. The number of aromatic nitrogens is 4. The van der Waals surface area contributed by atoms with Crippen molar-refractivity contribution in [1.29, 1.82) is 0 Å². The minimum Gasteiger partial charge on any atom is -0.461 e. The van der Waals surface area contributed by atoms with E-state index in [9.17, 15) is 4.79 Å². The zero-order valence-electron chi connectivity index (χ0n) is 8.97. The van der Waals surface area contributed by atoms with Crippen molar-refractivity contribution < 1.29 is 9.53 Å². The largest absolute Gasteiger partial charge is 0.461 e. The van der Waals surface area contributed by atoms with Gasteiger partial charge in [-0.2, -0.15) is 0 Å². The number of ether oxygens (including phenoxy) is 1. The van der Waals surface area contributed by atoms with Gasteiger partial charge in [-0.1, -0.05) is 0 Å². The smallest absolute Gasteiger partial charge is 0.359 e. The SMILES string of the molecule is CCOC(=O)c1ncnc2nc(C)cnc12. The summed E-state index contributed by atoms with van der Waals surface area (Å²) in [5, 5.41) is 0. The molecule has 0 N–H and O–H groups in total. The highest BCUT2D eigenvalue weighted by Gasteiger charge is 2.15. The van der Waals surface area contributed by atoms with Crippen LogP contribution >= 0.6 is 0 Å². The summed E-state index contributed by atoms with van der Waals surface area (Å²) in [6, 6.07) is 0. The fourth-order valence-corrected chi connectivity index (χ4v) is 1.27. The van der Waals surface area contributed by atoms with E-state index in [1.165, 1.54) is 6.33 Å². The van der Waals surface area contributed by atoms with Gasteiger partial charge < -0.3 is 4.74 Å². The Kier molecular flexibility index (Phi) is 2.72. The summed E-state index contributed by atoms with van der Waals surface area (Å²) in [5.41, 5.74) is 1.66. The molecule has 0 unspecified atom stereocenters. The molecular formula is C10H10N4O2. The first-order chi connectivity index (χ1) is 7.72. The molecule has 82 valence electrons. The molecule has 0 atom stereocenters. The predicted molar refractivity (Wildman–Crippen MR) is 55.8 cm³/mol. The molecule has 6 nitrogen and oxygen atoms in total. The lowest BCUT2D eigenvalue weighted by Crippen LogP contribution is -2.09. The zero-order valence-corrected chi connectivity index (χ0v) is 8.97. The van der Waals surface area contributed by atoms with Crippen LogP contribution in [0.4, 0.5) is 0 Å². The van der Waals surface area contributed by atoms with Gasteiger partial charge in [0.25, 0.3) is 0 Å². The van der Waals surface area contributed by atoms with Gasteiger partial charge in [0.05, 0.1) is 12.3 Å². The predicted octanol–water partition coefficient (Wildman–Crippen LogP) is 0.905. The number of carbonyl (C=O) groups is 1. The maximum atomic E-state index is 11.6. The van der Waals surface area contributed by atoms with Crippen LogP contribution in [0.25, 0.3) is 11.2 Å². The van der Waals surface area contributed by atoms with Crippen LogP contribution in [0.1, 0.15) is 23.1 Å². The van der Waals surface area contributed by atoms with Crippen molar-refractivity contribution in [2.24, 2.45) is 0 Å². The van der Waals surface area contributed by atoms with E-state index in [-0.39, 0.29) is 5.69 Å². The quantitative estimate of drug-likeness (QED) is 0.697. The molecule has 0 aliphatic heterocycles. The molecule has 0 spiro atoms. The third-order valence-corrected chi connectivity index (χ3v) is 1.93. The molecule has 0 saturated carbocycles. The van der Waals surface area contributed by atoms with E-state index in [1.54, 1.807) is 20.0 Å². The Morgan fingerprint density at radius 1 is 1.38 bits per heavy atom. The van der Waals surface area contributed by atoms with Crippen molar-refractivity contribution >= 4 is 17.1 Å². The summed E-state index contributed by atoms with van der Waals surface area (Å²) in [6.45, 7) is 3.83. The topological polar surface area (TPSA) is 77.9 Å². The van der Waals surface area contributed by atoms with Gasteiger partial charge in [0, 0.05) is 6.20 Å². The second kappa shape index (κ2) is 4.18. The molecule has 0 amide bonds. The number of nitrogens with zero attached hydrogens (tertiary/aromatic N) is 4. The van der Waals surface area contributed by atoms with Crippen LogP contribution in [-0.4, -0.2) is 32.5 Å². The molecule has 0 bridgehead atoms. The van der Waals surface area contributed by atoms with Crippen molar-refractivity contribution in [2.75, 3.05) is 6.61 Å². The van der Waals surface area contributed by atoms with Crippen LogP contribution in [0, 0.1) is 6.92 Å². The zero-order chi connectivity index (χ0) is 11.5. The first kappa shape index (κ1) is 10.4. The van der Waals surface area contributed by atoms with Gasteiger partial charge in [-0.3, -0.25) is 0 Å². The number of fused-ring (bicyclic) bond motifs is 1. The Balaban J connectivity index is 2.58. The number of hydrogen-bond donors (Lipinski definition) is 0. The third-order valence-electron chi connectivity index (χ3n) is 1.93. The van der Waals surface area contributed by atoms with E-state index < -0.39 is 5.97 Å². The minimum absolute atomic E-state index is 0.152. The van der Waals surface area contributed by atoms with E-state index in [0.29, 0.717) is 17.8 Å². The Morgan fingerprint density at radius 3 is 2.94 bits per heavy atom. The van der Waals surface area contributed by atoms with Gasteiger partial charge in [0.2, 0.25) is 0 Å². The molecule has 2 rings (SSSR count). The number of hydrogen-bond acceptors (Lipinski definition) is 6. The van der Waals surface area contributed by atoms with Crippen molar-refractivity contribution in [3.63, 3.8) is 0 Å². The normalized spacial score (nSPS) is 10.4. The minimum atomic E-state index is -0.506. The fourth-order valence-electron chi connectivity index (χ4n) is 1.27. The molecular weight excluding hydrogens is 208 g/mol. The molecule has 2 aromatic rings. The lowest BCUT2D eigenvalue weighted by atomic mass is 10.3. The highest BCUT2D eigenvalue weighted by atomic mass is 16.5. The maximum Gasteiger partial charge on any atom is 0.359 e. The second-order valence-electron chi connectivity index (χ2n) is 3.13. The lowest BCUT2D eigenvalue weighted by molar-refractivity contribution is 0.0521. The molecule has 2 aromatic heterocycles. The molecule has 0 aliphatic carbocycles. The summed E-state index contributed by atoms with van der Waals surface area (Å²) in [7, 11) is 0. The third kappa shape index (κ3) is 1.81. The maximum absolute atomic E-state index is 11.6. The Bertz CT molecular complexity index is 541. The average Bonchev–Trinajstić information content (AvgIpc) is 2.28. The van der Waals surface area contributed by atoms with Gasteiger partial charge >= 0.3 is 5.97 Å². The first-order valence-corrected chi connectivity index (χ1v) is 4.84. The molecule has 6 heteroatoms. The summed E-state index contributed by atoms with van der Waals surface area (Å²) in [4.78, 5) is 27.6. The van der Waals surface area contributed by atoms with Crippen molar-refractivity contribution in [2.45, 2.75) is 13.8 Å². The summed E-state index contributed by atoms with van der Waals surface area (Å²) in [5.74, 6) is -0.506. The summed E-state index contributed by atoms with van der Waals surface area (Å²) in [6.07, 6.45) is 2.84. The van der Waals surface area contributed by atoms with Gasteiger partial charge in [-0.15, -0.1) is 0 Å². The molecule has 16 heavy (non-hydrogen) atoms. The monoisotopic (exact) mass is 218 g/mol. The summed E-state index contributed by atoms with van der Waals surface area (Å²) < 4.78 is 4.87. The van der Waals surface area contributed by atoms with Crippen molar-refractivity contribution in [1.82, 2.24) is 19.9 Å². The van der Waals surface area contributed by atoms with Crippen LogP contribution < -0.4 is 0 Å². The highest BCUT2D eigenvalue weighted by molar-refractivity contribution is 5.98. The average molecular weight is 218 g/mol. The van der Waals surface area contributed by atoms with Crippen molar-refractivity contribution in [3.8, 4) is 0 Å². The Hall–Kier alpha value is -2.11. The number of carbonyl (C=O) groups excluding carboxylic acids is 1. The second-order valence-corrected chi connectivity index (χ2v) is 3.13. The van der Waals surface area contributed by atoms with Crippen LogP contribution in [0.15, 0.2) is 12.5 Å². The van der Waals surface area contributed by atoms with Crippen molar-refractivity contribution in [3.05, 3.63) is 23.9 Å². The van der Waals surface area contributed by atoms with Gasteiger partial charge in [0.1, 0.15) is 11.8 Å². The Labute approximate surface area is 91.7 Å². The van der Waals surface area contributed by atoms with Crippen LogP contribution in [0.5, 0.6) is 0 Å². The number of rotatable bonds is 2. The molecule has 0 aliphatic rings. The fraction of sp³-hybridized carbons (Fsp3) is 0.300. The van der Waals surface area contributed by atoms with E-state index in [4.69, 9.17) is 4.74 Å². The molecule has 0 fully saturated rings. The summed E-state index contributed by atoms with van der Waals surface area (Å²) >= 11 is 0. The number of aryl methyl sites for hydroxylation is 1. The highest BCUT2D eigenvalue weighted by Crippen LogP contribution is 2.10. The van der Waals surface area contributed by atoms with Gasteiger partial charge in [-0.05, 0) is 13.8 Å². The van der Waals surface area contributed by atoms with E-state index in [2.05, 4.69) is 19.9 Å².